The number of fused-ring (bicyclic) bond motifs is 1. The SMILES string of the molecule is C=CCC1(NCc2cn(S(=O)(=O)C3(C)C=CC=CC3)c3ccccc23)CCN(C(=O)O)CC1. The number of rotatable bonds is 7. The van der Waals surface area contributed by atoms with Crippen LogP contribution >= 0.6 is 0 Å². The lowest BCUT2D eigenvalue weighted by atomic mass is 9.84. The van der Waals surface area contributed by atoms with Crippen LogP contribution in [0.2, 0.25) is 0 Å². The van der Waals surface area contributed by atoms with Gasteiger partial charge in [-0.1, -0.05) is 48.6 Å². The summed E-state index contributed by atoms with van der Waals surface area (Å²) >= 11 is 0. The Labute approximate surface area is 195 Å². The summed E-state index contributed by atoms with van der Waals surface area (Å²) < 4.78 is 27.8. The van der Waals surface area contributed by atoms with Crippen LogP contribution in [0.5, 0.6) is 0 Å². The second-order valence-corrected chi connectivity index (χ2v) is 11.4. The molecule has 0 radical (unpaired) electrons. The van der Waals surface area contributed by atoms with Crippen molar-refractivity contribution in [2.24, 2.45) is 0 Å². The number of hydrogen-bond acceptors (Lipinski definition) is 4. The predicted octanol–water partition coefficient (Wildman–Crippen LogP) is 4.27. The largest absolute Gasteiger partial charge is 0.465 e. The number of benzene rings is 1. The quantitative estimate of drug-likeness (QED) is 0.591. The van der Waals surface area contributed by atoms with Crippen LogP contribution in [0.25, 0.3) is 10.9 Å². The number of carbonyl (C=O) groups is 1. The molecular formula is C25H31N3O4S. The van der Waals surface area contributed by atoms with Gasteiger partial charge in [0, 0.05) is 36.8 Å². The van der Waals surface area contributed by atoms with Crippen molar-refractivity contribution in [3.8, 4) is 0 Å². The number of likely N-dealkylation sites (tertiary alicyclic amines) is 1. The van der Waals surface area contributed by atoms with Gasteiger partial charge in [-0.15, -0.1) is 6.58 Å². The minimum Gasteiger partial charge on any atom is -0.465 e. The Balaban J connectivity index is 1.64. The molecule has 1 aliphatic carbocycles. The van der Waals surface area contributed by atoms with Crippen LogP contribution in [0, 0.1) is 0 Å². The normalized spacial score (nSPS) is 22.5. The number of nitrogens with one attached hydrogen (secondary N) is 1. The summed E-state index contributed by atoms with van der Waals surface area (Å²) in [4.78, 5) is 12.8. The lowest BCUT2D eigenvalue weighted by Crippen LogP contribution is -2.53. The molecule has 1 amide bonds. The first-order chi connectivity index (χ1) is 15.7. The number of nitrogens with zero attached hydrogens (tertiary/aromatic N) is 2. The van der Waals surface area contributed by atoms with Crippen molar-refractivity contribution >= 4 is 27.0 Å². The van der Waals surface area contributed by atoms with Crippen molar-refractivity contribution in [1.82, 2.24) is 14.2 Å². The molecule has 2 aromatic rings. The molecular weight excluding hydrogens is 438 g/mol. The average molecular weight is 470 g/mol. The molecule has 1 fully saturated rings. The number of piperidine rings is 1. The lowest BCUT2D eigenvalue weighted by molar-refractivity contribution is 0.107. The fraction of sp³-hybridized carbons (Fsp3) is 0.400. The molecule has 176 valence electrons. The molecule has 0 spiro atoms. The zero-order valence-corrected chi connectivity index (χ0v) is 19.7. The standard InChI is InChI=1S/C25H31N3O4S/c1-3-11-25(14-16-27(17-15-25)23(29)30)26-18-20-19-28(22-10-6-5-9-21(20)22)33(31,32)24(2)12-7-4-8-13-24/h3-10,12,19,26H,1,11,13-18H2,2H3,(H,29,30). The second-order valence-electron chi connectivity index (χ2n) is 9.17. The average Bonchev–Trinajstić information content (AvgIpc) is 3.18. The van der Waals surface area contributed by atoms with Crippen molar-refractivity contribution in [1.29, 1.82) is 0 Å². The molecule has 2 aliphatic rings. The summed E-state index contributed by atoms with van der Waals surface area (Å²) in [6.07, 6.45) is 12.5. The maximum atomic E-state index is 13.7. The number of hydrogen-bond donors (Lipinski definition) is 2. The molecule has 0 saturated carbocycles. The van der Waals surface area contributed by atoms with E-state index in [-0.39, 0.29) is 5.54 Å². The maximum absolute atomic E-state index is 13.7. The van der Waals surface area contributed by atoms with Crippen molar-refractivity contribution < 1.29 is 18.3 Å². The molecule has 0 bridgehead atoms. The fourth-order valence-electron chi connectivity index (χ4n) is 4.82. The van der Waals surface area contributed by atoms with Gasteiger partial charge in [0.1, 0.15) is 4.75 Å². The highest BCUT2D eigenvalue weighted by molar-refractivity contribution is 7.91. The maximum Gasteiger partial charge on any atom is 0.407 e. The number of para-hydroxylation sites is 1. The van der Waals surface area contributed by atoms with E-state index >= 15 is 0 Å². The van der Waals surface area contributed by atoms with E-state index in [1.54, 1.807) is 25.3 Å². The Bertz CT molecular complexity index is 1220. The van der Waals surface area contributed by atoms with Crippen molar-refractivity contribution in [3.05, 3.63) is 73.0 Å². The van der Waals surface area contributed by atoms with Gasteiger partial charge in [0.15, 0.2) is 0 Å². The smallest absolute Gasteiger partial charge is 0.407 e. The van der Waals surface area contributed by atoms with E-state index in [0.29, 0.717) is 50.8 Å². The molecule has 1 atom stereocenters. The van der Waals surface area contributed by atoms with Gasteiger partial charge in [0.05, 0.1) is 5.52 Å². The number of amides is 1. The van der Waals surface area contributed by atoms with Gasteiger partial charge < -0.3 is 15.3 Å². The lowest BCUT2D eigenvalue weighted by Gasteiger charge is -2.41. The fourth-order valence-corrected chi connectivity index (χ4v) is 6.51. The van der Waals surface area contributed by atoms with Crippen LogP contribution in [0.3, 0.4) is 0 Å². The van der Waals surface area contributed by atoms with E-state index in [4.69, 9.17) is 0 Å². The van der Waals surface area contributed by atoms with E-state index in [1.165, 1.54) is 8.87 Å². The van der Waals surface area contributed by atoms with Crippen LogP contribution in [0.15, 0.2) is 67.4 Å². The third-order valence-electron chi connectivity index (χ3n) is 7.01. The van der Waals surface area contributed by atoms with Crippen LogP contribution in [-0.4, -0.2) is 51.9 Å². The molecule has 7 nitrogen and oxygen atoms in total. The zero-order chi connectivity index (χ0) is 23.7. The highest BCUT2D eigenvalue weighted by Gasteiger charge is 2.39. The van der Waals surface area contributed by atoms with Crippen molar-refractivity contribution in [2.75, 3.05) is 13.1 Å². The summed E-state index contributed by atoms with van der Waals surface area (Å²) in [6, 6.07) is 7.56. The molecule has 33 heavy (non-hydrogen) atoms. The summed E-state index contributed by atoms with van der Waals surface area (Å²) in [7, 11) is -3.69. The van der Waals surface area contributed by atoms with Gasteiger partial charge in [-0.2, -0.15) is 0 Å². The van der Waals surface area contributed by atoms with Gasteiger partial charge in [-0.3, -0.25) is 0 Å². The van der Waals surface area contributed by atoms with E-state index < -0.39 is 20.9 Å². The molecule has 1 aromatic carbocycles. The van der Waals surface area contributed by atoms with Gasteiger partial charge in [-0.25, -0.2) is 17.2 Å². The third-order valence-corrected chi connectivity index (χ3v) is 9.31. The van der Waals surface area contributed by atoms with E-state index in [0.717, 1.165) is 10.9 Å². The van der Waals surface area contributed by atoms with Gasteiger partial charge in [0.2, 0.25) is 10.0 Å². The Morgan fingerprint density at radius 1 is 1.24 bits per heavy atom. The van der Waals surface area contributed by atoms with Gasteiger partial charge in [0.25, 0.3) is 0 Å². The monoisotopic (exact) mass is 469 g/mol. The van der Waals surface area contributed by atoms with Crippen molar-refractivity contribution in [2.45, 2.75) is 49.4 Å². The molecule has 2 heterocycles. The van der Waals surface area contributed by atoms with Gasteiger partial charge in [-0.05, 0) is 44.2 Å². The summed E-state index contributed by atoms with van der Waals surface area (Å²) in [6.45, 7) is 7.05. The Morgan fingerprint density at radius 2 is 1.97 bits per heavy atom. The zero-order valence-electron chi connectivity index (χ0n) is 18.9. The van der Waals surface area contributed by atoms with Crippen LogP contribution in [0.1, 0.15) is 38.2 Å². The summed E-state index contributed by atoms with van der Waals surface area (Å²) in [5.74, 6) is 0. The first-order valence-corrected chi connectivity index (χ1v) is 12.7. The Morgan fingerprint density at radius 3 is 2.61 bits per heavy atom. The van der Waals surface area contributed by atoms with Crippen LogP contribution in [-0.2, 0) is 16.6 Å². The molecule has 1 aliphatic heterocycles. The predicted molar refractivity (Wildman–Crippen MR) is 131 cm³/mol. The highest BCUT2D eigenvalue weighted by Crippen LogP contribution is 2.34. The summed E-state index contributed by atoms with van der Waals surface area (Å²) in [5.41, 5.74) is 1.30. The number of aromatic nitrogens is 1. The Hall–Kier alpha value is -2.84. The molecule has 8 heteroatoms. The molecule has 1 unspecified atom stereocenters. The van der Waals surface area contributed by atoms with E-state index in [9.17, 15) is 18.3 Å². The minimum absolute atomic E-state index is 0.265. The summed E-state index contributed by atoms with van der Waals surface area (Å²) in [5, 5.41) is 13.8. The number of carboxylic acid groups (broad SMARTS) is 1. The first kappa shape index (κ1) is 23.3. The Kier molecular flexibility index (Phi) is 6.24. The van der Waals surface area contributed by atoms with Gasteiger partial charge >= 0.3 is 6.09 Å². The van der Waals surface area contributed by atoms with Crippen LogP contribution < -0.4 is 5.32 Å². The molecule has 2 N–H and O–H groups in total. The molecule has 4 rings (SSSR count). The van der Waals surface area contributed by atoms with Crippen LogP contribution in [0.4, 0.5) is 4.79 Å². The topological polar surface area (TPSA) is 91.6 Å². The first-order valence-electron chi connectivity index (χ1n) is 11.2. The molecule has 1 aromatic heterocycles. The third kappa shape index (κ3) is 4.25. The highest BCUT2D eigenvalue weighted by atomic mass is 32.2. The second kappa shape index (κ2) is 8.83. The van der Waals surface area contributed by atoms with E-state index in [1.807, 2.05) is 42.5 Å². The van der Waals surface area contributed by atoms with E-state index in [2.05, 4.69) is 11.9 Å². The number of allylic oxidation sites excluding steroid dienone is 3. The molecule has 1 saturated heterocycles. The minimum atomic E-state index is -3.69. The van der Waals surface area contributed by atoms with Crippen molar-refractivity contribution in [3.63, 3.8) is 0 Å².